The molecule has 2 nitrogen and oxygen atoms in total. The summed E-state index contributed by atoms with van der Waals surface area (Å²) in [7, 11) is 4.58. The van der Waals surface area contributed by atoms with Crippen LogP contribution >= 0.6 is 0 Å². The van der Waals surface area contributed by atoms with Gasteiger partial charge < -0.3 is 4.90 Å². The number of allylic oxidation sites excluding steroid dienone is 1. The minimum Gasteiger partial charge on any atom is -0.309 e. The number of fused-ring (bicyclic) bond motifs is 5. The van der Waals surface area contributed by atoms with Crippen molar-refractivity contribution in [3.63, 3.8) is 0 Å². The first-order chi connectivity index (χ1) is 15.1. The number of Topliss-reactive ketones (excluding diaryl/α,β-unsaturated/α-hetero) is 1. The van der Waals surface area contributed by atoms with E-state index in [9.17, 15) is 4.79 Å². The van der Waals surface area contributed by atoms with Crippen molar-refractivity contribution in [2.75, 3.05) is 20.6 Å². The minimum atomic E-state index is 0.273. The average Bonchev–Trinajstić information content (AvgIpc) is 3.08. The number of rotatable bonds is 7. The molecular weight excluding hydrogens is 390 g/mol. The van der Waals surface area contributed by atoms with Crippen molar-refractivity contribution >= 4 is 5.78 Å². The Morgan fingerprint density at radius 2 is 1.72 bits per heavy atom. The van der Waals surface area contributed by atoms with Gasteiger partial charge in [-0.3, -0.25) is 4.79 Å². The van der Waals surface area contributed by atoms with E-state index < -0.39 is 0 Å². The summed E-state index contributed by atoms with van der Waals surface area (Å²) in [6.07, 6.45) is 14.9. The van der Waals surface area contributed by atoms with E-state index in [2.05, 4.69) is 46.3 Å². The van der Waals surface area contributed by atoms with Gasteiger partial charge in [0.15, 0.2) is 5.78 Å². The van der Waals surface area contributed by atoms with E-state index in [1.54, 1.807) is 0 Å². The summed E-state index contributed by atoms with van der Waals surface area (Å²) in [5.41, 5.74) is 1.81. The van der Waals surface area contributed by atoms with Gasteiger partial charge in [0.1, 0.15) is 0 Å². The second kappa shape index (κ2) is 9.20. The maximum Gasteiger partial charge on any atom is 0.157 e. The molecule has 0 bridgehead atoms. The standard InChI is InChI=1S/C30H51NO/c1-20(2)28(32)14-11-21(3)24-12-13-26-23-18-22(19-31(6)7)25-10-8-9-16-29(25,4)27(23)15-17-30(24,26)5/h21-27H,1,8-19H2,2-7H3/t21-,22-,23+,24-,25?,26+,27+,29+,30-/m1/s1. The highest BCUT2D eigenvalue weighted by Gasteiger charge is 2.61. The van der Waals surface area contributed by atoms with Crippen LogP contribution in [0.15, 0.2) is 12.2 Å². The summed E-state index contributed by atoms with van der Waals surface area (Å²) in [4.78, 5) is 14.7. The molecule has 0 heterocycles. The highest BCUT2D eigenvalue weighted by Crippen LogP contribution is 2.69. The molecular formula is C30H51NO. The fourth-order valence-electron chi connectivity index (χ4n) is 9.99. The van der Waals surface area contributed by atoms with Gasteiger partial charge in [-0.05, 0) is 130 Å². The third kappa shape index (κ3) is 4.16. The van der Waals surface area contributed by atoms with E-state index in [1.165, 1.54) is 64.3 Å². The smallest absolute Gasteiger partial charge is 0.157 e. The molecule has 4 aliphatic carbocycles. The summed E-state index contributed by atoms with van der Waals surface area (Å²) in [6, 6.07) is 0. The molecule has 9 atom stereocenters. The lowest BCUT2D eigenvalue weighted by Gasteiger charge is -2.63. The van der Waals surface area contributed by atoms with Crippen molar-refractivity contribution in [1.29, 1.82) is 0 Å². The van der Waals surface area contributed by atoms with E-state index in [0.717, 1.165) is 47.5 Å². The highest BCUT2D eigenvalue weighted by atomic mass is 16.1. The fraction of sp³-hybridized carbons (Fsp3) is 0.900. The van der Waals surface area contributed by atoms with Gasteiger partial charge in [-0.15, -0.1) is 0 Å². The zero-order valence-electron chi connectivity index (χ0n) is 22.1. The zero-order valence-corrected chi connectivity index (χ0v) is 22.1. The van der Waals surface area contributed by atoms with Gasteiger partial charge in [-0.25, -0.2) is 0 Å². The maximum absolute atomic E-state index is 12.2. The Kier molecular flexibility index (Phi) is 7.04. The maximum atomic E-state index is 12.2. The monoisotopic (exact) mass is 441 g/mol. The Morgan fingerprint density at radius 1 is 1.00 bits per heavy atom. The number of nitrogens with zero attached hydrogens (tertiary/aromatic N) is 1. The number of ketones is 1. The third-order valence-electron chi connectivity index (χ3n) is 11.4. The Balaban J connectivity index is 1.54. The lowest BCUT2D eigenvalue weighted by atomic mass is 9.42. The van der Waals surface area contributed by atoms with Gasteiger partial charge >= 0.3 is 0 Å². The van der Waals surface area contributed by atoms with Crippen LogP contribution < -0.4 is 0 Å². The van der Waals surface area contributed by atoms with E-state index in [0.29, 0.717) is 23.2 Å². The van der Waals surface area contributed by atoms with Gasteiger partial charge in [0.05, 0.1) is 0 Å². The van der Waals surface area contributed by atoms with Gasteiger partial charge in [-0.1, -0.05) is 40.2 Å². The Labute approximate surface area is 199 Å². The summed E-state index contributed by atoms with van der Waals surface area (Å²) >= 11 is 0. The van der Waals surface area contributed by atoms with Crippen molar-refractivity contribution in [3.8, 4) is 0 Å². The first-order valence-electron chi connectivity index (χ1n) is 13.9. The summed E-state index contributed by atoms with van der Waals surface area (Å²) in [6.45, 7) is 14.9. The fourth-order valence-corrected chi connectivity index (χ4v) is 9.99. The quantitative estimate of drug-likeness (QED) is 0.384. The van der Waals surface area contributed by atoms with E-state index >= 15 is 0 Å². The van der Waals surface area contributed by atoms with Crippen LogP contribution in [0.3, 0.4) is 0 Å². The van der Waals surface area contributed by atoms with Crippen molar-refractivity contribution in [1.82, 2.24) is 4.90 Å². The van der Waals surface area contributed by atoms with Crippen LogP contribution in [0, 0.1) is 52.3 Å². The molecule has 2 heteroatoms. The molecule has 0 spiro atoms. The molecule has 0 amide bonds. The second-order valence-corrected chi connectivity index (χ2v) is 13.4. The number of hydrogen-bond acceptors (Lipinski definition) is 2. The molecule has 0 aliphatic heterocycles. The lowest BCUT2D eigenvalue weighted by molar-refractivity contribution is -0.140. The van der Waals surface area contributed by atoms with Crippen LogP contribution in [-0.4, -0.2) is 31.3 Å². The molecule has 0 aromatic carbocycles. The molecule has 4 rings (SSSR count). The van der Waals surface area contributed by atoms with E-state index in [4.69, 9.17) is 0 Å². The van der Waals surface area contributed by atoms with Crippen LogP contribution in [0.2, 0.25) is 0 Å². The van der Waals surface area contributed by atoms with Gasteiger partial charge in [0, 0.05) is 13.0 Å². The average molecular weight is 442 g/mol. The molecule has 4 aliphatic rings. The SMILES string of the molecule is C=C(C)C(=O)CC[C@@H](C)[C@H]1CC[C@H]2[C@@H]3C[C@H](CN(C)C)C4CCCC[C@]4(C)[C@H]3CC[C@]12C. The minimum absolute atomic E-state index is 0.273. The van der Waals surface area contributed by atoms with Crippen LogP contribution in [0.25, 0.3) is 0 Å². The van der Waals surface area contributed by atoms with Gasteiger partial charge in [0.25, 0.3) is 0 Å². The summed E-state index contributed by atoms with van der Waals surface area (Å²) < 4.78 is 0. The Hall–Kier alpha value is -0.630. The van der Waals surface area contributed by atoms with Crippen molar-refractivity contribution in [2.45, 2.75) is 98.3 Å². The molecule has 4 fully saturated rings. The van der Waals surface area contributed by atoms with Crippen molar-refractivity contribution in [3.05, 3.63) is 12.2 Å². The van der Waals surface area contributed by atoms with Crippen LogP contribution in [-0.2, 0) is 4.79 Å². The molecule has 0 aromatic rings. The Morgan fingerprint density at radius 3 is 2.41 bits per heavy atom. The molecule has 4 saturated carbocycles. The van der Waals surface area contributed by atoms with Gasteiger partial charge in [0.2, 0.25) is 0 Å². The second-order valence-electron chi connectivity index (χ2n) is 13.4. The first-order valence-corrected chi connectivity index (χ1v) is 13.9. The third-order valence-corrected chi connectivity index (χ3v) is 11.4. The molecule has 0 N–H and O–H groups in total. The predicted octanol–water partition coefficient (Wildman–Crippen LogP) is 7.38. The first kappa shape index (κ1) is 24.5. The van der Waals surface area contributed by atoms with Crippen LogP contribution in [0.4, 0.5) is 0 Å². The van der Waals surface area contributed by atoms with E-state index in [-0.39, 0.29) is 5.78 Å². The van der Waals surface area contributed by atoms with Crippen molar-refractivity contribution < 1.29 is 4.79 Å². The summed E-state index contributed by atoms with van der Waals surface area (Å²) in [5, 5.41) is 0. The van der Waals surface area contributed by atoms with Crippen LogP contribution in [0.5, 0.6) is 0 Å². The molecule has 32 heavy (non-hydrogen) atoms. The largest absolute Gasteiger partial charge is 0.309 e. The Bertz CT molecular complexity index is 712. The topological polar surface area (TPSA) is 20.3 Å². The molecule has 0 saturated heterocycles. The lowest BCUT2D eigenvalue weighted by Crippen LogP contribution is -2.56. The number of hydrogen-bond donors (Lipinski definition) is 0. The number of carbonyl (C=O) groups excluding carboxylic acids is 1. The van der Waals surface area contributed by atoms with Crippen molar-refractivity contribution in [2.24, 2.45) is 52.3 Å². The predicted molar refractivity (Wildman–Crippen MR) is 135 cm³/mol. The molecule has 0 aromatic heterocycles. The van der Waals surface area contributed by atoms with E-state index in [1.807, 2.05) is 6.92 Å². The number of carbonyl (C=O) groups is 1. The molecule has 1 unspecified atom stereocenters. The molecule has 0 radical (unpaired) electrons. The van der Waals surface area contributed by atoms with Crippen LogP contribution in [0.1, 0.15) is 98.3 Å². The zero-order chi connectivity index (χ0) is 23.3. The molecule has 182 valence electrons. The van der Waals surface area contributed by atoms with Gasteiger partial charge in [-0.2, -0.15) is 0 Å². The summed E-state index contributed by atoms with van der Waals surface area (Å²) in [5.74, 6) is 6.39. The highest BCUT2D eigenvalue weighted by molar-refractivity contribution is 5.94. The normalized spacial score (nSPS) is 44.5.